The fourth-order valence-electron chi connectivity index (χ4n) is 2.09. The van der Waals surface area contributed by atoms with Crippen LogP contribution in [0.2, 0.25) is 0 Å². The average molecular weight is 352 g/mol. The maximum atomic E-state index is 12.2. The molecule has 4 heteroatoms. The molecule has 0 saturated carbocycles. The van der Waals surface area contributed by atoms with E-state index in [0.717, 1.165) is 20.6 Å². The highest BCUT2D eigenvalue weighted by Gasteiger charge is 2.14. The van der Waals surface area contributed by atoms with Gasteiger partial charge in [0.2, 0.25) is 0 Å². The minimum absolute atomic E-state index is 0.00452. The smallest absolute Gasteiger partial charge is 0.261 e. The number of carbonyl (C=O) groups is 1. The third kappa shape index (κ3) is 3.70. The number of nitrogens with one attached hydrogen (secondary N) is 1. The Morgan fingerprint density at radius 3 is 2.60 bits per heavy atom. The molecule has 0 aliphatic rings. The Labute approximate surface area is 132 Å². The largest absolute Gasteiger partial charge is 0.349 e. The van der Waals surface area contributed by atoms with E-state index in [0.29, 0.717) is 0 Å². The van der Waals surface area contributed by atoms with E-state index in [1.165, 1.54) is 22.5 Å². The average Bonchev–Trinajstić information content (AvgIpc) is 2.72. The van der Waals surface area contributed by atoms with Gasteiger partial charge < -0.3 is 5.32 Å². The first-order chi connectivity index (χ1) is 9.47. The van der Waals surface area contributed by atoms with Gasteiger partial charge in [-0.3, -0.25) is 4.79 Å². The number of hydrogen-bond acceptors (Lipinski definition) is 2. The van der Waals surface area contributed by atoms with Crippen molar-refractivity contribution in [2.45, 2.75) is 33.2 Å². The summed E-state index contributed by atoms with van der Waals surface area (Å²) in [5.41, 5.74) is 3.65. The minimum atomic E-state index is 0.00452. The van der Waals surface area contributed by atoms with Crippen molar-refractivity contribution in [2.24, 2.45) is 0 Å². The topological polar surface area (TPSA) is 29.1 Å². The Morgan fingerprint density at radius 2 is 2.00 bits per heavy atom. The highest BCUT2D eigenvalue weighted by atomic mass is 79.9. The van der Waals surface area contributed by atoms with Crippen LogP contribution in [0.4, 0.5) is 0 Å². The second-order valence-electron chi connectivity index (χ2n) is 5.07. The van der Waals surface area contributed by atoms with Crippen molar-refractivity contribution in [3.05, 3.63) is 55.7 Å². The van der Waals surface area contributed by atoms with E-state index in [-0.39, 0.29) is 11.9 Å². The Bertz CT molecular complexity index is 601. The van der Waals surface area contributed by atoms with Gasteiger partial charge >= 0.3 is 0 Å². The van der Waals surface area contributed by atoms with E-state index in [2.05, 4.69) is 40.3 Å². The van der Waals surface area contributed by atoms with Crippen molar-refractivity contribution in [1.29, 1.82) is 0 Å². The first-order valence-electron chi connectivity index (χ1n) is 6.58. The second kappa shape index (κ2) is 6.55. The molecule has 0 spiro atoms. The number of hydrogen-bond donors (Lipinski definition) is 1. The van der Waals surface area contributed by atoms with Crippen LogP contribution in [0.15, 0.2) is 34.1 Å². The third-order valence-corrected chi connectivity index (χ3v) is 5.38. The standard InChI is InChI=1S/C16H18BrNOS/c1-10-6-4-5-7-13(10)9-12(3)18-16(19)14-8-11(2)15(17)20-14/h4-8,12H,9H2,1-3H3,(H,18,19). The molecular formula is C16H18BrNOS. The van der Waals surface area contributed by atoms with Crippen LogP contribution < -0.4 is 5.32 Å². The molecule has 2 nitrogen and oxygen atoms in total. The fraction of sp³-hybridized carbons (Fsp3) is 0.312. The molecule has 0 bridgehead atoms. The maximum absolute atomic E-state index is 12.2. The van der Waals surface area contributed by atoms with E-state index in [4.69, 9.17) is 0 Å². The van der Waals surface area contributed by atoms with Crippen molar-refractivity contribution < 1.29 is 4.79 Å². The van der Waals surface area contributed by atoms with Gasteiger partial charge in [-0.05, 0) is 65.9 Å². The molecule has 0 aliphatic carbocycles. The summed E-state index contributed by atoms with van der Waals surface area (Å²) in [4.78, 5) is 12.9. The molecule has 2 aromatic rings. The van der Waals surface area contributed by atoms with Crippen molar-refractivity contribution in [2.75, 3.05) is 0 Å². The SMILES string of the molecule is Cc1ccccc1CC(C)NC(=O)c1cc(C)c(Br)s1. The molecule has 1 unspecified atom stereocenters. The predicted molar refractivity (Wildman–Crippen MR) is 88.6 cm³/mol. The van der Waals surface area contributed by atoms with Crippen LogP contribution in [-0.4, -0.2) is 11.9 Å². The molecule has 20 heavy (non-hydrogen) atoms. The number of amides is 1. The Morgan fingerprint density at radius 1 is 1.30 bits per heavy atom. The first-order valence-corrected chi connectivity index (χ1v) is 8.19. The van der Waals surface area contributed by atoms with Gasteiger partial charge in [0.05, 0.1) is 8.66 Å². The molecule has 0 saturated heterocycles. The quantitative estimate of drug-likeness (QED) is 0.863. The molecule has 0 aliphatic heterocycles. The van der Waals surface area contributed by atoms with Crippen molar-refractivity contribution in [3.63, 3.8) is 0 Å². The van der Waals surface area contributed by atoms with Crippen LogP contribution in [0.1, 0.15) is 33.3 Å². The monoisotopic (exact) mass is 351 g/mol. The molecular weight excluding hydrogens is 334 g/mol. The van der Waals surface area contributed by atoms with E-state index < -0.39 is 0 Å². The summed E-state index contributed by atoms with van der Waals surface area (Å²) in [5.74, 6) is 0.00452. The van der Waals surface area contributed by atoms with Crippen molar-refractivity contribution in [1.82, 2.24) is 5.32 Å². The summed E-state index contributed by atoms with van der Waals surface area (Å²) >= 11 is 4.93. The van der Waals surface area contributed by atoms with Crippen LogP contribution in [0, 0.1) is 13.8 Å². The minimum Gasteiger partial charge on any atom is -0.349 e. The van der Waals surface area contributed by atoms with Crippen LogP contribution in [0.5, 0.6) is 0 Å². The fourth-order valence-corrected chi connectivity index (χ4v) is 3.52. The summed E-state index contributed by atoms with van der Waals surface area (Å²) in [6.45, 7) is 6.14. The molecule has 1 aromatic heterocycles. The molecule has 1 N–H and O–H groups in total. The molecule has 1 atom stereocenters. The highest BCUT2D eigenvalue weighted by molar-refractivity contribution is 9.11. The first kappa shape index (κ1) is 15.3. The number of carbonyl (C=O) groups excluding carboxylic acids is 1. The van der Waals surface area contributed by atoms with E-state index in [1.807, 2.05) is 32.0 Å². The van der Waals surface area contributed by atoms with Gasteiger partial charge in [-0.15, -0.1) is 11.3 Å². The normalized spacial score (nSPS) is 12.2. The maximum Gasteiger partial charge on any atom is 0.261 e. The number of halogens is 1. The summed E-state index contributed by atoms with van der Waals surface area (Å²) in [7, 11) is 0. The zero-order chi connectivity index (χ0) is 14.7. The van der Waals surface area contributed by atoms with Gasteiger partial charge in [-0.1, -0.05) is 24.3 Å². The lowest BCUT2D eigenvalue weighted by Gasteiger charge is -2.14. The summed E-state index contributed by atoms with van der Waals surface area (Å²) < 4.78 is 1.02. The van der Waals surface area contributed by atoms with Crippen LogP contribution in [-0.2, 0) is 6.42 Å². The number of aryl methyl sites for hydroxylation is 2. The Hall–Kier alpha value is -1.13. The highest BCUT2D eigenvalue weighted by Crippen LogP contribution is 2.27. The number of thiophene rings is 1. The number of rotatable bonds is 4. The lowest BCUT2D eigenvalue weighted by Crippen LogP contribution is -2.33. The molecule has 106 valence electrons. The molecule has 2 rings (SSSR count). The zero-order valence-corrected chi connectivity index (χ0v) is 14.3. The van der Waals surface area contributed by atoms with E-state index >= 15 is 0 Å². The van der Waals surface area contributed by atoms with Gasteiger partial charge in [0.15, 0.2) is 0 Å². The van der Waals surface area contributed by atoms with Crippen molar-refractivity contribution >= 4 is 33.2 Å². The lowest BCUT2D eigenvalue weighted by atomic mass is 10.0. The molecule has 0 fully saturated rings. The Balaban J connectivity index is 1.99. The van der Waals surface area contributed by atoms with Crippen LogP contribution >= 0.6 is 27.3 Å². The van der Waals surface area contributed by atoms with E-state index in [1.54, 1.807) is 0 Å². The molecule has 0 radical (unpaired) electrons. The summed E-state index contributed by atoms with van der Waals surface area (Å²) in [5, 5.41) is 3.06. The van der Waals surface area contributed by atoms with Crippen molar-refractivity contribution in [3.8, 4) is 0 Å². The van der Waals surface area contributed by atoms with Gasteiger partial charge in [-0.2, -0.15) is 0 Å². The van der Waals surface area contributed by atoms with Gasteiger partial charge in [0.1, 0.15) is 0 Å². The molecule has 1 heterocycles. The second-order valence-corrected chi connectivity index (χ2v) is 7.44. The van der Waals surface area contributed by atoms with Crippen LogP contribution in [0.25, 0.3) is 0 Å². The van der Waals surface area contributed by atoms with Gasteiger partial charge in [-0.25, -0.2) is 0 Å². The molecule has 1 amide bonds. The van der Waals surface area contributed by atoms with Gasteiger partial charge in [0.25, 0.3) is 5.91 Å². The predicted octanol–water partition coefficient (Wildman–Crippen LogP) is 4.49. The number of benzene rings is 1. The zero-order valence-electron chi connectivity index (χ0n) is 11.9. The lowest BCUT2D eigenvalue weighted by molar-refractivity contribution is 0.0944. The van der Waals surface area contributed by atoms with Crippen LogP contribution in [0.3, 0.4) is 0 Å². The summed E-state index contributed by atoms with van der Waals surface area (Å²) in [6, 6.07) is 10.3. The van der Waals surface area contributed by atoms with E-state index in [9.17, 15) is 4.79 Å². The molecule has 1 aromatic carbocycles. The van der Waals surface area contributed by atoms with Gasteiger partial charge in [0, 0.05) is 6.04 Å². The summed E-state index contributed by atoms with van der Waals surface area (Å²) in [6.07, 6.45) is 0.851. The third-order valence-electron chi connectivity index (χ3n) is 3.25. The Kier molecular flexibility index (Phi) is 5.00.